The lowest BCUT2D eigenvalue weighted by molar-refractivity contribution is -0.184. The molecule has 1 aliphatic rings. The zero-order valence-electron chi connectivity index (χ0n) is 10.4. The molecule has 0 bridgehead atoms. The molecule has 3 nitrogen and oxygen atoms in total. The summed E-state index contributed by atoms with van der Waals surface area (Å²) in [6, 6.07) is -0.311. The lowest BCUT2D eigenvalue weighted by Crippen LogP contribution is -2.37. The Kier molecular flexibility index (Phi) is 5.05. The van der Waals surface area contributed by atoms with Gasteiger partial charge in [0.05, 0.1) is 11.7 Å². The predicted octanol–water partition coefficient (Wildman–Crippen LogP) is 2.12. The first-order valence-corrected chi connectivity index (χ1v) is 8.15. The van der Waals surface area contributed by atoms with Gasteiger partial charge in [-0.25, -0.2) is 8.42 Å². The number of hydrogen-bond donors (Lipinski definition) is 1. The van der Waals surface area contributed by atoms with Crippen molar-refractivity contribution in [3.8, 4) is 0 Å². The summed E-state index contributed by atoms with van der Waals surface area (Å²) in [7, 11) is -3.05. The normalized spacial score (nSPS) is 28.1. The van der Waals surface area contributed by atoms with E-state index in [1.165, 1.54) is 0 Å². The Morgan fingerprint density at radius 2 is 1.72 bits per heavy atom. The zero-order valence-corrected chi connectivity index (χ0v) is 11.2. The number of sulfone groups is 1. The Morgan fingerprint density at radius 1 is 1.22 bits per heavy atom. The first-order valence-electron chi connectivity index (χ1n) is 6.09. The Hall–Kier alpha value is -0.300. The van der Waals surface area contributed by atoms with E-state index in [-0.39, 0.29) is 30.6 Å². The molecule has 1 rings (SSSR count). The van der Waals surface area contributed by atoms with Crippen LogP contribution in [0.1, 0.15) is 32.1 Å². The van der Waals surface area contributed by atoms with E-state index < -0.39 is 21.9 Å². The fourth-order valence-electron chi connectivity index (χ4n) is 2.46. The molecule has 7 heteroatoms. The Labute approximate surface area is 106 Å². The minimum atomic E-state index is -4.11. The molecule has 1 atom stereocenters. The molecule has 1 aliphatic carbocycles. The van der Waals surface area contributed by atoms with E-state index in [1.54, 1.807) is 0 Å². The minimum Gasteiger partial charge on any atom is -0.327 e. The van der Waals surface area contributed by atoms with Crippen LogP contribution >= 0.6 is 0 Å². The second-order valence-electron chi connectivity index (χ2n) is 5.24. The van der Waals surface area contributed by atoms with E-state index in [0.717, 1.165) is 6.26 Å². The second kappa shape index (κ2) is 5.77. The topological polar surface area (TPSA) is 60.2 Å². The van der Waals surface area contributed by atoms with Crippen LogP contribution in [0.2, 0.25) is 0 Å². The maximum atomic E-state index is 12.5. The van der Waals surface area contributed by atoms with Crippen molar-refractivity contribution in [1.29, 1.82) is 0 Å². The summed E-state index contributed by atoms with van der Waals surface area (Å²) in [5.41, 5.74) is 5.86. The number of alkyl halides is 3. The van der Waals surface area contributed by atoms with Crippen molar-refractivity contribution in [2.24, 2.45) is 17.6 Å². The molecule has 18 heavy (non-hydrogen) atoms. The molecular weight excluding hydrogens is 267 g/mol. The van der Waals surface area contributed by atoms with E-state index in [0.29, 0.717) is 19.3 Å². The third-order valence-electron chi connectivity index (χ3n) is 3.66. The third kappa shape index (κ3) is 5.14. The second-order valence-corrected chi connectivity index (χ2v) is 7.50. The molecule has 0 aromatic rings. The number of nitrogens with two attached hydrogens (primary N) is 1. The van der Waals surface area contributed by atoms with Crippen molar-refractivity contribution in [3.05, 3.63) is 0 Å². The highest BCUT2D eigenvalue weighted by Gasteiger charge is 2.42. The molecule has 0 saturated heterocycles. The Bertz CT molecular complexity index is 359. The van der Waals surface area contributed by atoms with Gasteiger partial charge in [-0.1, -0.05) is 0 Å². The van der Waals surface area contributed by atoms with Crippen LogP contribution in [0.15, 0.2) is 0 Å². The van der Waals surface area contributed by atoms with Gasteiger partial charge in [-0.2, -0.15) is 13.2 Å². The number of halogens is 3. The summed E-state index contributed by atoms with van der Waals surface area (Å²) in [6.07, 6.45) is -1.53. The minimum absolute atomic E-state index is 0.00731. The van der Waals surface area contributed by atoms with Gasteiger partial charge in [0.25, 0.3) is 0 Å². The molecule has 0 spiro atoms. The fourth-order valence-corrected chi connectivity index (χ4v) is 3.16. The highest BCUT2D eigenvalue weighted by molar-refractivity contribution is 7.90. The summed E-state index contributed by atoms with van der Waals surface area (Å²) in [5.74, 6) is -1.19. The highest BCUT2D eigenvalue weighted by atomic mass is 32.2. The SMILES string of the molecule is CS(=O)(=O)CCC(N)C1CCC(C(F)(F)F)CC1. The van der Waals surface area contributed by atoms with Gasteiger partial charge in [0, 0.05) is 12.3 Å². The fraction of sp³-hybridized carbons (Fsp3) is 1.00. The smallest absolute Gasteiger partial charge is 0.327 e. The van der Waals surface area contributed by atoms with Gasteiger partial charge < -0.3 is 5.73 Å². The van der Waals surface area contributed by atoms with Gasteiger partial charge in [-0.3, -0.25) is 0 Å². The first kappa shape index (κ1) is 15.8. The summed E-state index contributed by atoms with van der Waals surface area (Å²) in [6.45, 7) is 0. The summed E-state index contributed by atoms with van der Waals surface area (Å²) in [5, 5.41) is 0. The molecule has 2 N–H and O–H groups in total. The maximum absolute atomic E-state index is 12.5. The first-order chi connectivity index (χ1) is 8.09. The standard InChI is InChI=1S/C11H20F3NO2S/c1-18(16,17)7-6-10(15)8-2-4-9(5-3-8)11(12,13)14/h8-10H,2-7,15H2,1H3. The largest absolute Gasteiger partial charge is 0.391 e. The number of rotatable bonds is 4. The molecule has 1 fully saturated rings. The van der Waals surface area contributed by atoms with Crippen LogP contribution in [-0.4, -0.2) is 32.6 Å². The van der Waals surface area contributed by atoms with Crippen molar-refractivity contribution in [1.82, 2.24) is 0 Å². The van der Waals surface area contributed by atoms with Crippen molar-refractivity contribution < 1.29 is 21.6 Å². The van der Waals surface area contributed by atoms with Crippen LogP contribution < -0.4 is 5.73 Å². The van der Waals surface area contributed by atoms with Crippen LogP contribution in [0.25, 0.3) is 0 Å². The van der Waals surface area contributed by atoms with Gasteiger partial charge in [-0.05, 0) is 38.0 Å². The summed E-state index contributed by atoms with van der Waals surface area (Å²) in [4.78, 5) is 0. The molecule has 1 unspecified atom stereocenters. The Morgan fingerprint density at radius 3 is 2.11 bits per heavy atom. The summed E-state index contributed by atoms with van der Waals surface area (Å²) >= 11 is 0. The van der Waals surface area contributed by atoms with Gasteiger partial charge in [-0.15, -0.1) is 0 Å². The summed E-state index contributed by atoms with van der Waals surface area (Å²) < 4.78 is 59.4. The molecule has 1 saturated carbocycles. The van der Waals surface area contributed by atoms with Gasteiger partial charge in [0.15, 0.2) is 0 Å². The molecule has 0 aromatic heterocycles. The average Bonchev–Trinajstić information content (AvgIpc) is 2.24. The predicted molar refractivity (Wildman–Crippen MR) is 63.8 cm³/mol. The third-order valence-corrected chi connectivity index (χ3v) is 4.64. The monoisotopic (exact) mass is 287 g/mol. The van der Waals surface area contributed by atoms with E-state index in [4.69, 9.17) is 5.73 Å². The van der Waals surface area contributed by atoms with Crippen LogP contribution in [-0.2, 0) is 9.84 Å². The van der Waals surface area contributed by atoms with E-state index >= 15 is 0 Å². The van der Waals surface area contributed by atoms with Gasteiger partial charge >= 0.3 is 6.18 Å². The molecule has 0 aliphatic heterocycles. The Balaban J connectivity index is 2.39. The van der Waals surface area contributed by atoms with Crippen molar-refractivity contribution >= 4 is 9.84 Å². The van der Waals surface area contributed by atoms with Crippen LogP contribution in [0.3, 0.4) is 0 Å². The number of hydrogen-bond acceptors (Lipinski definition) is 3. The van der Waals surface area contributed by atoms with Crippen LogP contribution in [0.4, 0.5) is 13.2 Å². The zero-order chi connectivity index (χ0) is 14.0. The molecule has 0 amide bonds. The van der Waals surface area contributed by atoms with Crippen molar-refractivity contribution in [2.45, 2.75) is 44.3 Å². The van der Waals surface area contributed by atoms with Crippen LogP contribution in [0.5, 0.6) is 0 Å². The van der Waals surface area contributed by atoms with E-state index in [9.17, 15) is 21.6 Å². The molecular formula is C11H20F3NO2S. The van der Waals surface area contributed by atoms with E-state index in [2.05, 4.69) is 0 Å². The lowest BCUT2D eigenvalue weighted by Gasteiger charge is -2.32. The van der Waals surface area contributed by atoms with Crippen LogP contribution in [0, 0.1) is 11.8 Å². The van der Waals surface area contributed by atoms with Gasteiger partial charge in [0.1, 0.15) is 9.84 Å². The quantitative estimate of drug-likeness (QED) is 0.861. The average molecular weight is 287 g/mol. The van der Waals surface area contributed by atoms with Crippen molar-refractivity contribution in [2.75, 3.05) is 12.0 Å². The lowest BCUT2D eigenvalue weighted by atomic mass is 9.78. The molecule has 0 radical (unpaired) electrons. The maximum Gasteiger partial charge on any atom is 0.391 e. The van der Waals surface area contributed by atoms with E-state index in [1.807, 2.05) is 0 Å². The molecule has 108 valence electrons. The van der Waals surface area contributed by atoms with Crippen molar-refractivity contribution in [3.63, 3.8) is 0 Å². The highest BCUT2D eigenvalue weighted by Crippen LogP contribution is 2.40. The molecule has 0 aromatic carbocycles. The molecule has 0 heterocycles. The van der Waals surface area contributed by atoms with Gasteiger partial charge in [0.2, 0.25) is 0 Å².